The Balaban J connectivity index is 0.00000243. The lowest BCUT2D eigenvalue weighted by Crippen LogP contribution is -2.02. The van der Waals surface area contributed by atoms with Crippen molar-refractivity contribution < 1.29 is 9.13 Å². The van der Waals surface area contributed by atoms with E-state index in [-0.39, 0.29) is 18.2 Å². The van der Waals surface area contributed by atoms with Crippen LogP contribution in [-0.2, 0) is 13.2 Å². The minimum absolute atomic E-state index is 0. The molecule has 2 aromatic heterocycles. The van der Waals surface area contributed by atoms with Crippen molar-refractivity contribution in [1.82, 2.24) is 9.55 Å². The number of hydrogen-bond acceptors (Lipinski definition) is 2. The number of nitrogens with zero attached hydrogens (tertiary/aromatic N) is 2. The Hall–Kier alpha value is -2.33. The van der Waals surface area contributed by atoms with Gasteiger partial charge in [-0.25, -0.2) is 4.39 Å². The van der Waals surface area contributed by atoms with Gasteiger partial charge in [-0.05, 0) is 51.0 Å². The maximum Gasteiger partial charge on any atom is 0.147 e. The first-order valence-corrected chi connectivity index (χ1v) is 8.42. The number of ether oxygens (including phenoxy) is 1. The highest BCUT2D eigenvalue weighted by molar-refractivity contribution is 5.86. The summed E-state index contributed by atoms with van der Waals surface area (Å²) < 4.78 is 21.3. The summed E-state index contributed by atoms with van der Waals surface area (Å²) in [5, 5.41) is 0. The Morgan fingerprint density at radius 2 is 1.85 bits per heavy atom. The van der Waals surface area contributed by atoms with Crippen molar-refractivity contribution in [3.05, 3.63) is 70.8 Å². The van der Waals surface area contributed by atoms with E-state index >= 15 is 0 Å². The van der Waals surface area contributed by atoms with Crippen LogP contribution in [-0.4, -0.2) is 9.55 Å². The summed E-state index contributed by atoms with van der Waals surface area (Å²) in [6.07, 6.45) is 3.97. The van der Waals surface area contributed by atoms with Crippen LogP contribution in [0.4, 0.5) is 4.39 Å². The second-order valence-electron chi connectivity index (χ2n) is 6.52. The van der Waals surface area contributed by atoms with E-state index in [9.17, 15) is 4.39 Å². The van der Waals surface area contributed by atoms with Crippen LogP contribution in [0.2, 0.25) is 0 Å². The highest BCUT2D eigenvalue weighted by Gasteiger charge is 2.15. The molecule has 1 aromatic carbocycles. The molecular weight excluding hydrogens is 351 g/mol. The molecule has 0 aliphatic rings. The lowest BCUT2D eigenvalue weighted by molar-refractivity contribution is 0.308. The molecule has 0 unspecified atom stereocenters. The van der Waals surface area contributed by atoms with Gasteiger partial charge in [0.15, 0.2) is 0 Å². The van der Waals surface area contributed by atoms with E-state index < -0.39 is 0 Å². The van der Waals surface area contributed by atoms with Crippen LogP contribution in [0.15, 0.2) is 48.2 Å². The Bertz CT molecular complexity index is 925. The number of hydrogen-bond donors (Lipinski definition) is 0. The second kappa shape index (κ2) is 8.37. The fourth-order valence-corrected chi connectivity index (χ4v) is 2.87. The molecule has 0 aliphatic carbocycles. The zero-order valence-electron chi connectivity index (χ0n) is 15.5. The molecule has 138 valence electrons. The molecule has 0 saturated heterocycles. The van der Waals surface area contributed by atoms with Gasteiger partial charge >= 0.3 is 0 Å². The number of halogens is 2. The van der Waals surface area contributed by atoms with Crippen molar-refractivity contribution in [3.63, 3.8) is 0 Å². The molecular formula is C21H24ClFN2O. The molecule has 3 rings (SSSR count). The topological polar surface area (TPSA) is 27.1 Å². The Morgan fingerprint density at radius 3 is 2.50 bits per heavy atom. The summed E-state index contributed by atoms with van der Waals surface area (Å²) in [7, 11) is 0. The van der Waals surface area contributed by atoms with Crippen LogP contribution in [0.25, 0.3) is 11.0 Å². The zero-order valence-corrected chi connectivity index (χ0v) is 16.4. The first-order chi connectivity index (χ1) is 12.0. The molecule has 0 amide bonds. The average molecular weight is 375 g/mol. The third kappa shape index (κ3) is 4.07. The molecule has 3 aromatic rings. The van der Waals surface area contributed by atoms with E-state index in [1.54, 1.807) is 18.3 Å². The van der Waals surface area contributed by atoms with Gasteiger partial charge in [-0.15, -0.1) is 12.4 Å². The fraction of sp³-hybridized carbons (Fsp3) is 0.286. The maximum atomic E-state index is 13.1. The van der Waals surface area contributed by atoms with Crippen LogP contribution in [0.1, 0.15) is 30.7 Å². The van der Waals surface area contributed by atoms with Crippen LogP contribution in [0, 0.1) is 19.7 Å². The number of aromatic nitrogens is 2. The fourth-order valence-electron chi connectivity index (χ4n) is 2.87. The molecule has 0 fully saturated rings. The van der Waals surface area contributed by atoms with Crippen molar-refractivity contribution in [2.45, 2.75) is 40.8 Å². The summed E-state index contributed by atoms with van der Waals surface area (Å²) in [6, 6.07) is 8.28. The predicted octanol–water partition coefficient (Wildman–Crippen LogP) is 5.76. The molecule has 0 saturated carbocycles. The highest BCUT2D eigenvalue weighted by Crippen LogP contribution is 2.31. The number of fused-ring (bicyclic) bond motifs is 1. The minimum Gasteiger partial charge on any atom is -0.487 e. The molecule has 0 N–H and O–H groups in total. The first-order valence-electron chi connectivity index (χ1n) is 8.42. The van der Waals surface area contributed by atoms with Gasteiger partial charge < -0.3 is 9.30 Å². The van der Waals surface area contributed by atoms with Gasteiger partial charge in [-0.1, -0.05) is 23.8 Å². The van der Waals surface area contributed by atoms with Crippen molar-refractivity contribution in [2.75, 3.05) is 0 Å². The summed E-state index contributed by atoms with van der Waals surface area (Å²) >= 11 is 0. The minimum atomic E-state index is -0.239. The van der Waals surface area contributed by atoms with Crippen molar-refractivity contribution in [2.24, 2.45) is 0 Å². The SMILES string of the molecule is CC(C)=CCn1c(C)c(C)c2nccc(OCc3ccc(F)cc3)c21.Cl. The van der Waals surface area contributed by atoms with E-state index in [1.807, 2.05) is 6.07 Å². The monoisotopic (exact) mass is 374 g/mol. The van der Waals surface area contributed by atoms with Gasteiger partial charge in [0.2, 0.25) is 0 Å². The summed E-state index contributed by atoms with van der Waals surface area (Å²) in [4.78, 5) is 4.55. The number of allylic oxidation sites excluding steroid dienone is 2. The van der Waals surface area contributed by atoms with Gasteiger partial charge in [0.05, 0.1) is 5.52 Å². The number of aryl methyl sites for hydroxylation is 1. The molecule has 0 bridgehead atoms. The highest BCUT2D eigenvalue weighted by atomic mass is 35.5. The summed E-state index contributed by atoms with van der Waals surface area (Å²) in [5.41, 5.74) is 6.55. The second-order valence-corrected chi connectivity index (χ2v) is 6.52. The molecule has 2 heterocycles. The molecule has 0 spiro atoms. The number of rotatable bonds is 5. The standard InChI is InChI=1S/C21H23FN2O.ClH/c1-14(2)10-12-24-16(4)15(3)20-21(24)19(9-11-23-20)25-13-17-5-7-18(22)8-6-17;/h5-11H,12-13H2,1-4H3;1H. The average Bonchev–Trinajstić information content (AvgIpc) is 2.84. The number of benzene rings is 1. The van der Waals surface area contributed by atoms with Crippen LogP contribution >= 0.6 is 12.4 Å². The van der Waals surface area contributed by atoms with E-state index in [4.69, 9.17) is 4.74 Å². The van der Waals surface area contributed by atoms with Crippen LogP contribution in [0.3, 0.4) is 0 Å². The van der Waals surface area contributed by atoms with E-state index in [0.29, 0.717) is 6.61 Å². The van der Waals surface area contributed by atoms with Crippen molar-refractivity contribution in [1.29, 1.82) is 0 Å². The molecule has 0 atom stereocenters. The molecule has 0 aliphatic heterocycles. The molecule has 26 heavy (non-hydrogen) atoms. The molecule has 3 nitrogen and oxygen atoms in total. The lowest BCUT2D eigenvalue weighted by atomic mass is 10.2. The normalized spacial score (nSPS) is 10.5. The van der Waals surface area contributed by atoms with Gasteiger partial charge in [0.25, 0.3) is 0 Å². The Morgan fingerprint density at radius 1 is 1.15 bits per heavy atom. The quantitative estimate of drug-likeness (QED) is 0.531. The smallest absolute Gasteiger partial charge is 0.147 e. The third-order valence-electron chi connectivity index (χ3n) is 4.45. The summed E-state index contributed by atoms with van der Waals surface area (Å²) in [6.45, 7) is 9.58. The Kier molecular flexibility index (Phi) is 6.43. The van der Waals surface area contributed by atoms with E-state index in [1.165, 1.54) is 29.0 Å². The van der Waals surface area contributed by atoms with E-state index in [2.05, 4.69) is 43.3 Å². The van der Waals surface area contributed by atoms with Crippen molar-refractivity contribution in [3.8, 4) is 5.75 Å². The summed E-state index contributed by atoms with van der Waals surface area (Å²) in [5.74, 6) is 0.560. The van der Waals surface area contributed by atoms with Gasteiger partial charge in [0.1, 0.15) is 23.7 Å². The van der Waals surface area contributed by atoms with Crippen molar-refractivity contribution >= 4 is 23.4 Å². The van der Waals surface area contributed by atoms with Crippen LogP contribution in [0.5, 0.6) is 5.75 Å². The largest absolute Gasteiger partial charge is 0.487 e. The third-order valence-corrected chi connectivity index (χ3v) is 4.45. The first kappa shape index (κ1) is 20.0. The zero-order chi connectivity index (χ0) is 18.0. The lowest BCUT2D eigenvalue weighted by Gasteiger charge is -2.11. The van der Waals surface area contributed by atoms with E-state index in [0.717, 1.165) is 28.9 Å². The van der Waals surface area contributed by atoms with Gasteiger partial charge in [-0.3, -0.25) is 4.98 Å². The van der Waals surface area contributed by atoms with Crippen LogP contribution < -0.4 is 4.74 Å². The maximum absolute atomic E-state index is 13.1. The number of pyridine rings is 1. The molecule has 0 radical (unpaired) electrons. The Labute approximate surface area is 159 Å². The molecule has 5 heteroatoms. The van der Waals surface area contributed by atoms with Gasteiger partial charge in [0, 0.05) is 24.5 Å². The predicted molar refractivity (Wildman–Crippen MR) is 107 cm³/mol. The van der Waals surface area contributed by atoms with Gasteiger partial charge in [-0.2, -0.15) is 0 Å².